The molecule has 3 fully saturated rings. The quantitative estimate of drug-likeness (QED) is 0.485. The summed E-state index contributed by atoms with van der Waals surface area (Å²) in [5.74, 6) is 1.86. The normalized spacial score (nSPS) is 57.3. The van der Waals surface area contributed by atoms with E-state index in [4.69, 9.17) is 4.74 Å². The van der Waals surface area contributed by atoms with Gasteiger partial charge in [0.2, 0.25) is 0 Å². The summed E-state index contributed by atoms with van der Waals surface area (Å²) < 4.78 is 5.63. The molecule has 1 saturated heterocycles. The topological polar surface area (TPSA) is 12.5 Å². The maximum Gasteiger partial charge on any atom is 0.0952 e. The minimum Gasteiger partial charge on any atom is -0.369 e. The van der Waals surface area contributed by atoms with Gasteiger partial charge in [0.05, 0.1) is 12.2 Å². The van der Waals surface area contributed by atoms with E-state index >= 15 is 0 Å². The van der Waals surface area contributed by atoms with Crippen molar-refractivity contribution in [3.05, 3.63) is 0 Å². The maximum absolute atomic E-state index is 5.63. The lowest BCUT2D eigenvalue weighted by molar-refractivity contribution is 0.182. The summed E-state index contributed by atoms with van der Waals surface area (Å²) in [6.45, 7) is 5.94. The molecule has 0 unspecified atom stereocenters. The van der Waals surface area contributed by atoms with Gasteiger partial charge in [-0.05, 0) is 36.5 Å². The van der Waals surface area contributed by atoms with Crippen molar-refractivity contribution in [1.82, 2.24) is 0 Å². The first-order chi connectivity index (χ1) is 5.15. The third kappa shape index (κ3) is 0.581. The molecule has 2 saturated carbocycles. The van der Waals surface area contributed by atoms with Gasteiger partial charge in [-0.25, -0.2) is 0 Å². The molecule has 2 bridgehead atoms. The minimum atomic E-state index is 0.395. The number of hydrogen-bond donors (Lipinski definition) is 0. The van der Waals surface area contributed by atoms with Crippen molar-refractivity contribution in [3.63, 3.8) is 0 Å². The van der Waals surface area contributed by atoms with Crippen LogP contribution in [0.5, 0.6) is 0 Å². The molecule has 62 valence electrons. The van der Waals surface area contributed by atoms with Gasteiger partial charge in [0.15, 0.2) is 0 Å². The Labute approximate surface area is 68.1 Å². The molecule has 3 atom stereocenters. The predicted molar refractivity (Wildman–Crippen MR) is 43.3 cm³/mol. The van der Waals surface area contributed by atoms with Crippen LogP contribution in [0.15, 0.2) is 0 Å². The monoisotopic (exact) mass is 152 g/mol. The Bertz CT molecular complexity index is 203. The second-order valence-corrected chi connectivity index (χ2v) is 5.21. The Morgan fingerprint density at radius 2 is 2.00 bits per heavy atom. The van der Waals surface area contributed by atoms with E-state index in [2.05, 4.69) is 13.8 Å². The summed E-state index contributed by atoms with van der Waals surface area (Å²) in [5.41, 5.74) is 0.989. The summed E-state index contributed by atoms with van der Waals surface area (Å²) in [6, 6.07) is 0. The van der Waals surface area contributed by atoms with E-state index in [0.717, 1.165) is 18.4 Å². The second-order valence-electron chi connectivity index (χ2n) is 5.21. The van der Waals surface area contributed by atoms with Crippen LogP contribution in [0.25, 0.3) is 0 Å². The molecule has 1 nitrogen and oxygen atoms in total. The van der Waals surface area contributed by atoms with Gasteiger partial charge in [-0.2, -0.15) is 0 Å². The Hall–Kier alpha value is -0.0400. The lowest BCUT2D eigenvalue weighted by atomic mass is 9.80. The molecule has 3 aliphatic rings. The zero-order valence-corrected chi connectivity index (χ0v) is 7.39. The highest BCUT2D eigenvalue weighted by Gasteiger charge is 2.67. The van der Waals surface area contributed by atoms with Crippen LogP contribution in [-0.2, 0) is 4.74 Å². The maximum atomic E-state index is 5.63. The Kier molecular flexibility index (Phi) is 0.893. The van der Waals surface area contributed by atoms with Gasteiger partial charge in [-0.3, -0.25) is 0 Å². The number of ether oxygens (including phenoxy) is 1. The molecule has 0 radical (unpaired) electrons. The fourth-order valence-corrected chi connectivity index (χ4v) is 3.67. The molecule has 1 spiro atoms. The first-order valence-corrected chi connectivity index (χ1v) is 4.79. The van der Waals surface area contributed by atoms with Gasteiger partial charge in [0.25, 0.3) is 0 Å². The van der Waals surface area contributed by atoms with E-state index in [9.17, 15) is 0 Å². The van der Waals surface area contributed by atoms with E-state index in [1.54, 1.807) is 0 Å². The third-order valence-electron chi connectivity index (χ3n) is 4.50. The Balaban J connectivity index is 2.02. The predicted octanol–water partition coefficient (Wildman–Crippen LogP) is 2.21. The molecule has 0 aromatic heterocycles. The highest BCUT2D eigenvalue weighted by Crippen LogP contribution is 2.67. The smallest absolute Gasteiger partial charge is 0.0952 e. The fraction of sp³-hybridized carbons (Fsp3) is 1.00. The average Bonchev–Trinajstić information content (AvgIpc) is 2.58. The summed E-state index contributed by atoms with van der Waals surface area (Å²) in [5, 5.41) is 0. The van der Waals surface area contributed by atoms with E-state index in [1.165, 1.54) is 19.3 Å². The number of rotatable bonds is 0. The average molecular weight is 152 g/mol. The van der Waals surface area contributed by atoms with E-state index < -0.39 is 0 Å². The van der Waals surface area contributed by atoms with Crippen molar-refractivity contribution < 1.29 is 4.74 Å². The van der Waals surface area contributed by atoms with E-state index in [1.807, 2.05) is 0 Å². The molecule has 11 heavy (non-hydrogen) atoms. The van der Waals surface area contributed by atoms with Crippen LogP contribution < -0.4 is 0 Å². The van der Waals surface area contributed by atoms with Gasteiger partial charge >= 0.3 is 0 Å². The summed E-state index contributed by atoms with van der Waals surface area (Å²) in [4.78, 5) is 0. The fourth-order valence-electron chi connectivity index (χ4n) is 3.67. The molecule has 1 heteroatoms. The SMILES string of the molecule is CC1(C)[C@@H]2CC[C@H]1[C@@]1(CO1)C2. The standard InChI is InChI=1S/C10H16O/c1-9(2)7-3-4-8(9)10(5-7)6-11-10/h7-8H,3-6H2,1-2H3/t7-,8-,10+/m1/s1. The molecule has 2 aliphatic carbocycles. The van der Waals surface area contributed by atoms with Crippen LogP contribution in [0.1, 0.15) is 33.1 Å². The van der Waals surface area contributed by atoms with Crippen LogP contribution in [0.4, 0.5) is 0 Å². The first kappa shape index (κ1) is 6.47. The van der Waals surface area contributed by atoms with Crippen molar-refractivity contribution in [1.29, 1.82) is 0 Å². The lowest BCUT2D eigenvalue weighted by Crippen LogP contribution is -2.25. The highest BCUT2D eigenvalue weighted by molar-refractivity contribution is 5.16. The van der Waals surface area contributed by atoms with Crippen LogP contribution in [0.2, 0.25) is 0 Å². The van der Waals surface area contributed by atoms with Crippen molar-refractivity contribution in [2.75, 3.05) is 6.61 Å². The minimum absolute atomic E-state index is 0.395. The zero-order chi connectivity index (χ0) is 7.69. The van der Waals surface area contributed by atoms with Gasteiger partial charge in [-0.15, -0.1) is 0 Å². The summed E-state index contributed by atoms with van der Waals surface area (Å²) in [7, 11) is 0. The molecule has 1 heterocycles. The van der Waals surface area contributed by atoms with Crippen molar-refractivity contribution in [2.45, 2.75) is 38.7 Å². The van der Waals surface area contributed by atoms with Gasteiger partial charge < -0.3 is 4.74 Å². The molecule has 1 aliphatic heterocycles. The largest absolute Gasteiger partial charge is 0.369 e. The first-order valence-electron chi connectivity index (χ1n) is 4.79. The van der Waals surface area contributed by atoms with Crippen LogP contribution in [0.3, 0.4) is 0 Å². The molecule has 0 aromatic carbocycles. The van der Waals surface area contributed by atoms with Crippen molar-refractivity contribution >= 4 is 0 Å². The molecule has 3 rings (SSSR count). The molecular weight excluding hydrogens is 136 g/mol. The number of epoxide rings is 1. The Morgan fingerprint density at radius 3 is 2.27 bits per heavy atom. The molecule has 0 amide bonds. The highest BCUT2D eigenvalue weighted by atomic mass is 16.6. The van der Waals surface area contributed by atoms with Crippen molar-refractivity contribution in [3.8, 4) is 0 Å². The van der Waals surface area contributed by atoms with Crippen molar-refractivity contribution in [2.24, 2.45) is 17.3 Å². The zero-order valence-electron chi connectivity index (χ0n) is 7.39. The third-order valence-corrected chi connectivity index (χ3v) is 4.50. The van der Waals surface area contributed by atoms with Gasteiger partial charge in [0, 0.05) is 0 Å². The lowest BCUT2D eigenvalue weighted by Gasteiger charge is -2.24. The van der Waals surface area contributed by atoms with E-state index in [-0.39, 0.29) is 0 Å². The van der Waals surface area contributed by atoms with E-state index in [0.29, 0.717) is 11.0 Å². The Morgan fingerprint density at radius 1 is 1.27 bits per heavy atom. The second kappa shape index (κ2) is 1.52. The van der Waals surface area contributed by atoms with Gasteiger partial charge in [-0.1, -0.05) is 13.8 Å². The summed E-state index contributed by atoms with van der Waals surface area (Å²) >= 11 is 0. The molecular formula is C10H16O. The van der Waals surface area contributed by atoms with Crippen LogP contribution >= 0.6 is 0 Å². The van der Waals surface area contributed by atoms with Crippen LogP contribution in [-0.4, -0.2) is 12.2 Å². The summed E-state index contributed by atoms with van der Waals surface area (Å²) in [6.07, 6.45) is 4.26. The number of hydrogen-bond acceptors (Lipinski definition) is 1. The van der Waals surface area contributed by atoms with Gasteiger partial charge in [0.1, 0.15) is 0 Å². The number of fused-ring (bicyclic) bond motifs is 3. The van der Waals surface area contributed by atoms with Crippen LogP contribution in [0, 0.1) is 17.3 Å². The molecule has 0 N–H and O–H groups in total. The molecule has 0 aromatic rings.